The third kappa shape index (κ3) is 5.26. The molecule has 7 nitrogen and oxygen atoms in total. The Morgan fingerprint density at radius 3 is 2.38 bits per heavy atom. The minimum absolute atomic E-state index is 0.0643. The molecule has 146 valence electrons. The van der Waals surface area contributed by atoms with Gasteiger partial charge in [0.05, 0.1) is 10.3 Å². The molecule has 0 saturated carbocycles. The van der Waals surface area contributed by atoms with Gasteiger partial charge in [0, 0.05) is 13.5 Å². The van der Waals surface area contributed by atoms with E-state index in [9.17, 15) is 13.2 Å². The first kappa shape index (κ1) is 20.8. The normalized spacial score (nSPS) is 23.8. The first-order valence-electron chi connectivity index (χ1n) is 8.38. The third-order valence-electron chi connectivity index (χ3n) is 3.98. The van der Waals surface area contributed by atoms with Crippen molar-refractivity contribution in [1.29, 1.82) is 0 Å². The van der Waals surface area contributed by atoms with Crippen LogP contribution in [0.5, 0.6) is 0 Å². The SMILES string of the molecule is COC1C[C@H](OS(=O)(=O)c2ccc(C)cc2)[C@@H](COC(=O)C(C)(C)C)O1. The highest BCUT2D eigenvalue weighted by Gasteiger charge is 2.40. The summed E-state index contributed by atoms with van der Waals surface area (Å²) >= 11 is 0. The van der Waals surface area contributed by atoms with Crippen LogP contribution in [0, 0.1) is 12.3 Å². The van der Waals surface area contributed by atoms with Gasteiger partial charge in [-0.2, -0.15) is 8.42 Å². The number of methoxy groups -OCH3 is 1. The molecule has 1 heterocycles. The van der Waals surface area contributed by atoms with E-state index in [1.165, 1.54) is 19.2 Å². The third-order valence-corrected chi connectivity index (χ3v) is 5.33. The summed E-state index contributed by atoms with van der Waals surface area (Å²) in [5, 5.41) is 0. The van der Waals surface area contributed by atoms with Crippen LogP contribution in [0.25, 0.3) is 0 Å². The molecule has 2 rings (SSSR count). The van der Waals surface area contributed by atoms with Gasteiger partial charge < -0.3 is 14.2 Å². The van der Waals surface area contributed by atoms with Gasteiger partial charge in [0.1, 0.15) is 18.8 Å². The Morgan fingerprint density at radius 1 is 1.23 bits per heavy atom. The fourth-order valence-electron chi connectivity index (χ4n) is 2.38. The first-order chi connectivity index (χ1) is 12.0. The Morgan fingerprint density at radius 2 is 1.85 bits per heavy atom. The smallest absolute Gasteiger partial charge is 0.311 e. The lowest BCUT2D eigenvalue weighted by Gasteiger charge is -2.21. The van der Waals surface area contributed by atoms with E-state index >= 15 is 0 Å². The molecule has 8 heteroatoms. The second-order valence-electron chi connectivity index (χ2n) is 7.33. The largest absolute Gasteiger partial charge is 0.462 e. The van der Waals surface area contributed by atoms with Crippen molar-refractivity contribution in [2.45, 2.75) is 57.5 Å². The molecule has 0 radical (unpaired) electrons. The van der Waals surface area contributed by atoms with Crippen LogP contribution in [0.15, 0.2) is 29.2 Å². The van der Waals surface area contributed by atoms with E-state index in [1.807, 2.05) is 6.92 Å². The molecule has 1 saturated heterocycles. The summed E-state index contributed by atoms with van der Waals surface area (Å²) < 4.78 is 46.4. The number of carbonyl (C=O) groups is 1. The van der Waals surface area contributed by atoms with Crippen LogP contribution in [0.1, 0.15) is 32.8 Å². The van der Waals surface area contributed by atoms with Crippen molar-refractivity contribution in [2.24, 2.45) is 5.41 Å². The lowest BCUT2D eigenvalue weighted by molar-refractivity contribution is -0.165. The summed E-state index contributed by atoms with van der Waals surface area (Å²) in [6, 6.07) is 6.37. The van der Waals surface area contributed by atoms with Crippen LogP contribution in [-0.4, -0.2) is 46.6 Å². The Balaban J connectivity index is 2.09. The zero-order valence-corrected chi connectivity index (χ0v) is 16.5. The highest BCUT2D eigenvalue weighted by Crippen LogP contribution is 2.28. The zero-order chi connectivity index (χ0) is 19.5. The first-order valence-corrected chi connectivity index (χ1v) is 9.79. The summed E-state index contributed by atoms with van der Waals surface area (Å²) in [6.45, 7) is 6.96. The molecule has 0 aliphatic carbocycles. The molecule has 0 aromatic heterocycles. The number of carbonyl (C=O) groups excluding carboxylic acids is 1. The van der Waals surface area contributed by atoms with Crippen LogP contribution in [0.3, 0.4) is 0 Å². The van der Waals surface area contributed by atoms with Crippen molar-refractivity contribution in [3.63, 3.8) is 0 Å². The van der Waals surface area contributed by atoms with Gasteiger partial charge in [-0.25, -0.2) is 0 Å². The maximum absolute atomic E-state index is 12.5. The highest BCUT2D eigenvalue weighted by atomic mass is 32.2. The summed E-state index contributed by atoms with van der Waals surface area (Å²) in [5.74, 6) is -0.401. The number of rotatable bonds is 6. The predicted octanol–water partition coefficient (Wildman–Crippen LogP) is 2.42. The van der Waals surface area contributed by atoms with Crippen molar-refractivity contribution < 1.29 is 31.6 Å². The van der Waals surface area contributed by atoms with E-state index < -0.39 is 40.0 Å². The minimum Gasteiger partial charge on any atom is -0.462 e. The summed E-state index contributed by atoms with van der Waals surface area (Å²) in [5.41, 5.74) is 0.281. The van der Waals surface area contributed by atoms with Crippen LogP contribution in [-0.2, 0) is 33.3 Å². The number of aryl methyl sites for hydroxylation is 1. The van der Waals surface area contributed by atoms with Crippen molar-refractivity contribution in [2.75, 3.05) is 13.7 Å². The summed E-state index contributed by atoms with van der Waals surface area (Å²) in [7, 11) is -2.51. The maximum atomic E-state index is 12.5. The van der Waals surface area contributed by atoms with Crippen LogP contribution in [0.2, 0.25) is 0 Å². The number of ether oxygens (including phenoxy) is 3. The van der Waals surface area contributed by atoms with E-state index in [4.69, 9.17) is 18.4 Å². The molecule has 1 aromatic rings. The molecule has 1 aromatic carbocycles. The van der Waals surface area contributed by atoms with Gasteiger partial charge in [0.25, 0.3) is 10.1 Å². The molecule has 0 amide bonds. The van der Waals surface area contributed by atoms with Gasteiger partial charge in [-0.15, -0.1) is 0 Å². The molecule has 0 N–H and O–H groups in total. The Hall–Kier alpha value is -1.48. The zero-order valence-electron chi connectivity index (χ0n) is 15.7. The van der Waals surface area contributed by atoms with Crippen LogP contribution < -0.4 is 0 Å². The molecular formula is C18H26O7S. The molecule has 3 atom stereocenters. The second-order valence-corrected chi connectivity index (χ2v) is 8.90. The fraction of sp³-hybridized carbons (Fsp3) is 0.611. The standard InChI is InChI=1S/C18H26O7S/c1-12-6-8-13(9-7-12)26(20,21)25-14-10-16(22-5)24-15(14)11-23-17(19)18(2,3)4/h6-9,14-16H,10-11H2,1-5H3/t14-,15+,16?/m0/s1. The number of esters is 1. The molecule has 1 aliphatic rings. The van der Waals surface area contributed by atoms with E-state index in [0.29, 0.717) is 0 Å². The molecular weight excluding hydrogens is 360 g/mol. The van der Waals surface area contributed by atoms with Gasteiger partial charge in [0.15, 0.2) is 6.29 Å². The van der Waals surface area contributed by atoms with Crippen molar-refractivity contribution >= 4 is 16.1 Å². The molecule has 1 aliphatic heterocycles. The van der Waals surface area contributed by atoms with Gasteiger partial charge in [-0.05, 0) is 39.8 Å². The van der Waals surface area contributed by atoms with Crippen molar-refractivity contribution in [3.8, 4) is 0 Å². The minimum atomic E-state index is -3.97. The second kappa shape index (κ2) is 8.04. The average molecular weight is 386 g/mol. The van der Waals surface area contributed by atoms with Crippen molar-refractivity contribution in [1.82, 2.24) is 0 Å². The average Bonchev–Trinajstić information content (AvgIpc) is 2.93. The molecule has 0 spiro atoms. The summed E-state index contributed by atoms with van der Waals surface area (Å²) in [6.07, 6.45) is -1.93. The van der Waals surface area contributed by atoms with E-state index in [1.54, 1.807) is 32.9 Å². The van der Waals surface area contributed by atoms with Crippen molar-refractivity contribution in [3.05, 3.63) is 29.8 Å². The number of hydrogen-bond acceptors (Lipinski definition) is 7. The summed E-state index contributed by atoms with van der Waals surface area (Å²) in [4.78, 5) is 12.0. The van der Waals surface area contributed by atoms with E-state index in [-0.39, 0.29) is 17.9 Å². The van der Waals surface area contributed by atoms with Crippen LogP contribution >= 0.6 is 0 Å². The lowest BCUT2D eigenvalue weighted by Crippen LogP contribution is -2.34. The molecule has 26 heavy (non-hydrogen) atoms. The molecule has 0 bridgehead atoms. The van der Waals surface area contributed by atoms with Gasteiger partial charge >= 0.3 is 5.97 Å². The van der Waals surface area contributed by atoms with E-state index in [2.05, 4.69) is 0 Å². The van der Waals surface area contributed by atoms with Gasteiger partial charge in [-0.3, -0.25) is 8.98 Å². The maximum Gasteiger partial charge on any atom is 0.311 e. The predicted molar refractivity (Wildman–Crippen MR) is 93.9 cm³/mol. The fourth-order valence-corrected chi connectivity index (χ4v) is 3.49. The Kier molecular flexibility index (Phi) is 6.44. The molecule has 1 fully saturated rings. The van der Waals surface area contributed by atoms with E-state index in [0.717, 1.165) is 5.56 Å². The monoisotopic (exact) mass is 386 g/mol. The number of hydrogen-bond donors (Lipinski definition) is 0. The Labute approximate surface area is 154 Å². The van der Waals surface area contributed by atoms with Gasteiger partial charge in [-0.1, -0.05) is 17.7 Å². The van der Waals surface area contributed by atoms with Crippen LogP contribution in [0.4, 0.5) is 0 Å². The molecule has 1 unspecified atom stereocenters. The number of benzene rings is 1. The Bertz CT molecular complexity index is 719. The quantitative estimate of drug-likeness (QED) is 0.548. The lowest BCUT2D eigenvalue weighted by atomic mass is 9.97. The topological polar surface area (TPSA) is 88.1 Å². The highest BCUT2D eigenvalue weighted by molar-refractivity contribution is 7.86. The van der Waals surface area contributed by atoms with Gasteiger partial charge in [0.2, 0.25) is 0 Å².